The largest absolute Gasteiger partial charge is 0.385 e. The van der Waals surface area contributed by atoms with Crippen LogP contribution in [0.2, 0.25) is 0 Å². The Kier molecular flexibility index (Phi) is 3.28. The summed E-state index contributed by atoms with van der Waals surface area (Å²) >= 11 is 0. The highest BCUT2D eigenvalue weighted by atomic mass is 16.3. The van der Waals surface area contributed by atoms with E-state index in [-0.39, 0.29) is 0 Å². The predicted molar refractivity (Wildman–Crippen MR) is 60.2 cm³/mol. The van der Waals surface area contributed by atoms with E-state index in [2.05, 4.69) is 15.6 Å². The van der Waals surface area contributed by atoms with Crippen molar-refractivity contribution in [2.75, 3.05) is 13.6 Å². The molecule has 0 bridgehead atoms. The van der Waals surface area contributed by atoms with Gasteiger partial charge < -0.3 is 10.4 Å². The lowest BCUT2D eigenvalue weighted by molar-refractivity contribution is 0.170. The number of para-hydroxylation sites is 1. The van der Waals surface area contributed by atoms with Gasteiger partial charge in [0.1, 0.15) is 6.10 Å². The van der Waals surface area contributed by atoms with E-state index in [1.54, 1.807) is 17.9 Å². The van der Waals surface area contributed by atoms with Crippen molar-refractivity contribution >= 4 is 0 Å². The van der Waals surface area contributed by atoms with Crippen LogP contribution in [0, 0.1) is 0 Å². The molecule has 1 unspecified atom stereocenters. The quantitative estimate of drug-likeness (QED) is 0.785. The van der Waals surface area contributed by atoms with Crippen LogP contribution in [-0.4, -0.2) is 33.7 Å². The Labute approximate surface area is 93.7 Å². The second kappa shape index (κ2) is 4.87. The Hall–Kier alpha value is -1.72. The number of aliphatic hydroxyl groups is 1. The average molecular weight is 218 g/mol. The maximum atomic E-state index is 9.89. The molecule has 0 saturated heterocycles. The van der Waals surface area contributed by atoms with E-state index in [4.69, 9.17) is 0 Å². The van der Waals surface area contributed by atoms with E-state index in [1.807, 2.05) is 30.3 Å². The van der Waals surface area contributed by atoms with Gasteiger partial charge in [-0.1, -0.05) is 23.4 Å². The maximum absolute atomic E-state index is 9.89. The SMILES string of the molecule is CNCC(O)c1cnnn1-c1ccccc1. The second-order valence-corrected chi connectivity index (χ2v) is 3.48. The summed E-state index contributed by atoms with van der Waals surface area (Å²) in [5.41, 5.74) is 1.57. The molecular weight excluding hydrogens is 204 g/mol. The minimum atomic E-state index is -0.611. The molecular formula is C11H14N4O. The van der Waals surface area contributed by atoms with Crippen LogP contribution in [0.3, 0.4) is 0 Å². The van der Waals surface area contributed by atoms with Crippen LogP contribution >= 0.6 is 0 Å². The molecule has 0 saturated carbocycles. The van der Waals surface area contributed by atoms with Crippen molar-refractivity contribution in [2.24, 2.45) is 0 Å². The molecule has 1 aromatic heterocycles. The summed E-state index contributed by atoms with van der Waals surface area (Å²) in [6.45, 7) is 0.472. The smallest absolute Gasteiger partial charge is 0.110 e. The number of aliphatic hydroxyl groups excluding tert-OH is 1. The van der Waals surface area contributed by atoms with Gasteiger partial charge in [0.05, 0.1) is 17.6 Å². The summed E-state index contributed by atoms with van der Waals surface area (Å²) in [6, 6.07) is 9.62. The van der Waals surface area contributed by atoms with Crippen LogP contribution in [0.25, 0.3) is 5.69 Å². The first-order valence-electron chi connectivity index (χ1n) is 5.11. The highest BCUT2D eigenvalue weighted by Gasteiger charge is 2.14. The van der Waals surface area contributed by atoms with Gasteiger partial charge in [0.2, 0.25) is 0 Å². The van der Waals surface area contributed by atoms with Gasteiger partial charge in [-0.25, -0.2) is 4.68 Å². The molecule has 0 amide bonds. The summed E-state index contributed by atoms with van der Waals surface area (Å²) in [5.74, 6) is 0. The third-order valence-corrected chi connectivity index (χ3v) is 2.32. The fraction of sp³-hybridized carbons (Fsp3) is 0.273. The number of likely N-dealkylation sites (N-methyl/N-ethyl adjacent to an activating group) is 1. The van der Waals surface area contributed by atoms with Crippen molar-refractivity contribution in [1.29, 1.82) is 0 Å². The van der Waals surface area contributed by atoms with Crippen LogP contribution < -0.4 is 5.32 Å². The lowest BCUT2D eigenvalue weighted by Gasteiger charge is -2.11. The van der Waals surface area contributed by atoms with Gasteiger partial charge in [-0.05, 0) is 19.2 Å². The number of nitrogens with one attached hydrogen (secondary N) is 1. The number of hydrogen-bond acceptors (Lipinski definition) is 4. The van der Waals surface area contributed by atoms with E-state index < -0.39 is 6.10 Å². The van der Waals surface area contributed by atoms with Crippen molar-refractivity contribution in [3.63, 3.8) is 0 Å². The molecule has 2 aromatic rings. The van der Waals surface area contributed by atoms with Crippen molar-refractivity contribution in [1.82, 2.24) is 20.3 Å². The highest BCUT2D eigenvalue weighted by molar-refractivity contribution is 5.31. The van der Waals surface area contributed by atoms with Gasteiger partial charge >= 0.3 is 0 Å². The molecule has 1 heterocycles. The van der Waals surface area contributed by atoms with Gasteiger partial charge in [-0.15, -0.1) is 5.10 Å². The van der Waals surface area contributed by atoms with Gasteiger partial charge in [0.25, 0.3) is 0 Å². The normalized spacial score (nSPS) is 12.6. The summed E-state index contributed by atoms with van der Waals surface area (Å²) in [4.78, 5) is 0. The molecule has 5 nitrogen and oxygen atoms in total. The molecule has 16 heavy (non-hydrogen) atoms. The van der Waals surface area contributed by atoms with Crippen molar-refractivity contribution in [2.45, 2.75) is 6.10 Å². The summed E-state index contributed by atoms with van der Waals surface area (Å²) in [6.07, 6.45) is 0.967. The third-order valence-electron chi connectivity index (χ3n) is 2.32. The van der Waals surface area contributed by atoms with Crippen LogP contribution in [0.4, 0.5) is 0 Å². The topological polar surface area (TPSA) is 63.0 Å². The fourth-order valence-corrected chi connectivity index (χ4v) is 1.54. The first-order valence-corrected chi connectivity index (χ1v) is 5.11. The number of hydrogen-bond donors (Lipinski definition) is 2. The molecule has 84 valence electrons. The van der Waals surface area contributed by atoms with Crippen LogP contribution in [0.1, 0.15) is 11.8 Å². The predicted octanol–water partition coefficient (Wildman–Crippen LogP) is 0.520. The summed E-state index contributed by atoms with van der Waals surface area (Å²) < 4.78 is 1.64. The Bertz CT molecular complexity index is 440. The number of rotatable bonds is 4. The minimum Gasteiger partial charge on any atom is -0.385 e. The molecule has 2 N–H and O–H groups in total. The highest BCUT2D eigenvalue weighted by Crippen LogP contribution is 2.14. The van der Waals surface area contributed by atoms with Crippen molar-refractivity contribution in [3.8, 4) is 5.69 Å². The zero-order valence-corrected chi connectivity index (χ0v) is 9.04. The first kappa shape index (κ1) is 10.8. The minimum absolute atomic E-state index is 0.472. The number of nitrogens with zero attached hydrogens (tertiary/aromatic N) is 3. The maximum Gasteiger partial charge on any atom is 0.110 e. The average Bonchev–Trinajstić information content (AvgIpc) is 2.79. The van der Waals surface area contributed by atoms with Crippen molar-refractivity contribution in [3.05, 3.63) is 42.2 Å². The van der Waals surface area contributed by atoms with Crippen LogP contribution in [0.15, 0.2) is 36.5 Å². The Morgan fingerprint density at radius 3 is 2.81 bits per heavy atom. The molecule has 0 radical (unpaired) electrons. The zero-order valence-electron chi connectivity index (χ0n) is 9.04. The summed E-state index contributed by atoms with van der Waals surface area (Å²) in [7, 11) is 1.79. The Morgan fingerprint density at radius 2 is 2.12 bits per heavy atom. The Morgan fingerprint density at radius 1 is 1.38 bits per heavy atom. The van der Waals surface area contributed by atoms with E-state index in [1.165, 1.54) is 0 Å². The monoisotopic (exact) mass is 218 g/mol. The van der Waals surface area contributed by atoms with E-state index in [0.717, 1.165) is 5.69 Å². The standard InChI is InChI=1S/C11H14N4O/c1-12-8-11(16)10-7-13-14-15(10)9-5-3-2-4-6-9/h2-7,11-12,16H,8H2,1H3. The zero-order chi connectivity index (χ0) is 11.4. The second-order valence-electron chi connectivity index (χ2n) is 3.48. The van der Waals surface area contributed by atoms with Crippen LogP contribution in [-0.2, 0) is 0 Å². The summed E-state index contributed by atoms with van der Waals surface area (Å²) in [5, 5.41) is 20.6. The fourth-order valence-electron chi connectivity index (χ4n) is 1.54. The van der Waals surface area contributed by atoms with Gasteiger partial charge in [-0.2, -0.15) is 0 Å². The van der Waals surface area contributed by atoms with E-state index in [0.29, 0.717) is 12.2 Å². The Balaban J connectivity index is 2.33. The molecule has 1 atom stereocenters. The van der Waals surface area contributed by atoms with Gasteiger partial charge in [0.15, 0.2) is 0 Å². The van der Waals surface area contributed by atoms with E-state index in [9.17, 15) is 5.11 Å². The molecule has 0 spiro atoms. The molecule has 0 aliphatic rings. The molecule has 0 fully saturated rings. The molecule has 2 rings (SSSR count). The van der Waals surface area contributed by atoms with E-state index >= 15 is 0 Å². The third kappa shape index (κ3) is 2.10. The lowest BCUT2D eigenvalue weighted by Crippen LogP contribution is -2.19. The van der Waals surface area contributed by atoms with Gasteiger partial charge in [-0.3, -0.25) is 0 Å². The molecule has 1 aromatic carbocycles. The first-order chi connectivity index (χ1) is 7.83. The molecule has 5 heteroatoms. The van der Waals surface area contributed by atoms with Gasteiger partial charge in [0, 0.05) is 6.54 Å². The lowest BCUT2D eigenvalue weighted by atomic mass is 10.2. The van der Waals surface area contributed by atoms with Crippen LogP contribution in [0.5, 0.6) is 0 Å². The molecule has 0 aliphatic heterocycles. The number of benzene rings is 1. The van der Waals surface area contributed by atoms with Crippen molar-refractivity contribution < 1.29 is 5.11 Å². The molecule has 0 aliphatic carbocycles. The number of aromatic nitrogens is 3.